The molecule has 6 rings (SSSR count). The molecule has 0 N–H and O–H groups in total. The second-order valence-electron chi connectivity index (χ2n) is 19.5. The van der Waals surface area contributed by atoms with Crippen molar-refractivity contribution in [1.82, 2.24) is 0 Å². The molecule has 0 bridgehead atoms. The van der Waals surface area contributed by atoms with Crippen molar-refractivity contribution < 1.29 is 59.3 Å². The first-order valence-electron chi connectivity index (χ1n) is 19.1. The number of benzene rings is 4. The predicted octanol–water partition coefficient (Wildman–Crippen LogP) is 8.01. The average molecular weight is 865 g/mol. The monoisotopic (exact) mass is 862 g/mol. The van der Waals surface area contributed by atoms with Crippen LogP contribution in [0.1, 0.15) is 149 Å². The number of halogens is 5. The topological polar surface area (TPSA) is 0 Å². The van der Waals surface area contributed by atoms with E-state index in [9.17, 15) is 13.2 Å². The summed E-state index contributed by atoms with van der Waals surface area (Å²) in [6.45, 7) is 29.8. The maximum absolute atomic E-state index is 14.4. The van der Waals surface area contributed by atoms with Gasteiger partial charge in [-0.2, -0.15) is 0 Å². The molecular formula is C49H57Cl2F3Zr. The molecule has 4 aromatic rings. The average Bonchev–Trinajstić information content (AvgIpc) is 3.67. The number of hydrogen-bond donors (Lipinski definition) is 0. The van der Waals surface area contributed by atoms with Crippen LogP contribution in [0.3, 0.4) is 0 Å². The Bertz CT molecular complexity index is 2090. The summed E-state index contributed by atoms with van der Waals surface area (Å²) >= 11 is -3.29. The van der Waals surface area contributed by atoms with Crippen LogP contribution in [-0.2, 0) is 49.1 Å². The second kappa shape index (κ2) is 15.7. The largest absolute Gasteiger partial charge is 1.00 e. The van der Waals surface area contributed by atoms with Crippen molar-refractivity contribution in [3.63, 3.8) is 0 Å². The number of alkyl halides is 3. The van der Waals surface area contributed by atoms with Crippen molar-refractivity contribution in [3.8, 4) is 11.1 Å². The number of hydrogen-bond acceptors (Lipinski definition) is 0. The Labute approximate surface area is 349 Å². The molecule has 292 valence electrons. The second-order valence-corrected chi connectivity index (χ2v) is 25.7. The van der Waals surface area contributed by atoms with Crippen LogP contribution >= 0.6 is 0 Å². The molecule has 0 fully saturated rings. The molecule has 0 spiro atoms. The van der Waals surface area contributed by atoms with Crippen LogP contribution in [0.25, 0.3) is 11.1 Å². The van der Waals surface area contributed by atoms with Crippen molar-refractivity contribution >= 4 is 3.21 Å². The smallest absolute Gasteiger partial charge is 1.00 e. The molecule has 0 unspecified atom stereocenters. The van der Waals surface area contributed by atoms with E-state index in [0.29, 0.717) is 5.56 Å². The Hall–Kier alpha value is -2.52. The first kappa shape index (κ1) is 45.2. The maximum Gasteiger partial charge on any atom is -1.00 e. The van der Waals surface area contributed by atoms with Crippen LogP contribution in [0.15, 0.2) is 94.3 Å². The van der Waals surface area contributed by atoms with E-state index in [1.807, 2.05) is 6.07 Å². The molecule has 0 saturated heterocycles. The van der Waals surface area contributed by atoms with Gasteiger partial charge < -0.3 is 24.8 Å². The van der Waals surface area contributed by atoms with Gasteiger partial charge in [-0.3, -0.25) is 0 Å². The summed E-state index contributed by atoms with van der Waals surface area (Å²) in [5.41, 5.74) is 12.6. The molecule has 0 aliphatic heterocycles. The van der Waals surface area contributed by atoms with Gasteiger partial charge in [-0.25, -0.2) is 0 Å². The summed E-state index contributed by atoms with van der Waals surface area (Å²) < 4.78 is 46.0. The minimum Gasteiger partial charge on any atom is -1.00 e. The van der Waals surface area contributed by atoms with Crippen LogP contribution < -0.4 is 24.8 Å². The molecule has 0 amide bonds. The zero-order valence-corrected chi connectivity index (χ0v) is 38.8. The normalized spacial score (nSPS) is 14.8. The third-order valence-electron chi connectivity index (χ3n) is 11.0. The van der Waals surface area contributed by atoms with Gasteiger partial charge in [0.1, 0.15) is 0 Å². The van der Waals surface area contributed by atoms with E-state index in [1.165, 1.54) is 59.9 Å². The van der Waals surface area contributed by atoms with Gasteiger partial charge in [0.15, 0.2) is 0 Å². The van der Waals surface area contributed by atoms with E-state index in [1.54, 1.807) is 6.07 Å². The van der Waals surface area contributed by atoms with E-state index >= 15 is 0 Å². The molecule has 0 radical (unpaired) electrons. The van der Waals surface area contributed by atoms with Gasteiger partial charge in [0.2, 0.25) is 0 Å². The summed E-state index contributed by atoms with van der Waals surface area (Å²) in [5, 5.41) is 0. The molecule has 6 heteroatoms. The van der Waals surface area contributed by atoms with E-state index in [0.717, 1.165) is 20.8 Å². The zero-order chi connectivity index (χ0) is 39.1. The molecule has 0 saturated carbocycles. The van der Waals surface area contributed by atoms with E-state index in [2.05, 4.69) is 157 Å². The Kier molecular flexibility index (Phi) is 12.9. The minimum atomic E-state index is -4.44. The molecule has 2 aliphatic carbocycles. The minimum absolute atomic E-state index is 0. The zero-order valence-electron chi connectivity index (χ0n) is 34.8. The van der Waals surface area contributed by atoms with Crippen molar-refractivity contribution in [2.24, 2.45) is 0 Å². The van der Waals surface area contributed by atoms with Gasteiger partial charge in [0.25, 0.3) is 0 Å². The fourth-order valence-corrected chi connectivity index (χ4v) is 17.3. The number of rotatable bonds is 4. The summed E-state index contributed by atoms with van der Waals surface area (Å²) in [7, 11) is 0. The van der Waals surface area contributed by atoms with Crippen LogP contribution in [0, 0.1) is 6.92 Å². The number of aryl methyl sites for hydroxylation is 1. The van der Waals surface area contributed by atoms with E-state index in [-0.39, 0.29) is 50.1 Å². The van der Waals surface area contributed by atoms with Gasteiger partial charge in [-0.1, -0.05) is 0 Å². The number of allylic oxidation sites excluding steroid dienone is 4. The number of fused-ring (bicyclic) bond motifs is 3. The van der Waals surface area contributed by atoms with Crippen LogP contribution in [-0.4, -0.2) is 3.21 Å². The Morgan fingerprint density at radius 1 is 0.582 bits per heavy atom. The third kappa shape index (κ3) is 8.98. The van der Waals surface area contributed by atoms with Gasteiger partial charge in [-0.05, 0) is 0 Å². The molecule has 0 nitrogen and oxygen atoms in total. The van der Waals surface area contributed by atoms with Crippen molar-refractivity contribution in [3.05, 3.63) is 150 Å². The summed E-state index contributed by atoms with van der Waals surface area (Å²) in [6, 6.07) is 24.7. The first-order chi connectivity index (χ1) is 24.4. The standard InChI is InChI=1S/C29H41.C15H11F3.C5H5.2ClH.Zr/c1-26(2,3)22-14-18-13-19-15-23(27(4,5)6)25(29(10,11)12)17-21(19)20(18)16-24(22)28(7,8)9;1-11-5-7-12(8-6-11)9-13-3-2-4-14(10-13)15(16,17)18;1-2-4-5-3-1;;;/h13-17H,1-12H3;2-8,10H,1H3;1-3H,4H2;2*1H;/q;;;;;+2/p-2. The fourth-order valence-electron chi connectivity index (χ4n) is 8.32. The van der Waals surface area contributed by atoms with Crippen molar-refractivity contribution in [1.29, 1.82) is 0 Å². The van der Waals surface area contributed by atoms with Gasteiger partial charge in [0, 0.05) is 0 Å². The Balaban J connectivity index is 0.00000336. The van der Waals surface area contributed by atoms with Gasteiger partial charge in [0.05, 0.1) is 0 Å². The Morgan fingerprint density at radius 3 is 1.44 bits per heavy atom. The van der Waals surface area contributed by atoms with E-state index < -0.39 is 33.0 Å². The molecule has 2 aliphatic rings. The molecule has 4 aromatic carbocycles. The van der Waals surface area contributed by atoms with Gasteiger partial charge >= 0.3 is 327 Å². The SMILES string of the molecule is Cc1ccc(/[C](c2cccc(C(F)(F)F)c2)=[Zr+2](\[C]2=CC=CC2)[CH]2c3cc(C(C)(C)C)c(C(C)(C)C)cc3-c3cc(C(C)(C)C)c(C(C)(C)C)cc32)cc1.[Cl-].[Cl-]. The predicted molar refractivity (Wildman–Crippen MR) is 216 cm³/mol. The molecule has 0 heterocycles. The van der Waals surface area contributed by atoms with Crippen LogP contribution in [0.5, 0.6) is 0 Å². The van der Waals surface area contributed by atoms with Crippen molar-refractivity contribution in [2.45, 2.75) is 128 Å². The molecule has 55 heavy (non-hydrogen) atoms. The van der Waals surface area contributed by atoms with Gasteiger partial charge in [-0.15, -0.1) is 0 Å². The van der Waals surface area contributed by atoms with E-state index in [4.69, 9.17) is 0 Å². The summed E-state index contributed by atoms with van der Waals surface area (Å²) in [5.74, 6) is 0. The quantitative estimate of drug-likeness (QED) is 0.195. The third-order valence-corrected chi connectivity index (χ3v) is 19.3. The van der Waals surface area contributed by atoms with Crippen LogP contribution in [0.4, 0.5) is 13.2 Å². The molecule has 0 aromatic heterocycles. The fraction of sp³-hybridized carbons (Fsp3) is 0.408. The van der Waals surface area contributed by atoms with Crippen LogP contribution in [0.2, 0.25) is 0 Å². The first-order valence-corrected chi connectivity index (χ1v) is 23.0. The molecular weight excluding hydrogens is 808 g/mol. The summed E-state index contributed by atoms with van der Waals surface area (Å²) in [6.07, 6.45) is 3.10. The Morgan fingerprint density at radius 2 is 1.04 bits per heavy atom. The summed E-state index contributed by atoms with van der Waals surface area (Å²) in [4.78, 5) is 0. The maximum atomic E-state index is 14.4. The van der Waals surface area contributed by atoms with Crippen molar-refractivity contribution in [2.75, 3.05) is 0 Å². The molecule has 0 atom stereocenters.